The zero-order chi connectivity index (χ0) is 15.9. The summed E-state index contributed by atoms with van der Waals surface area (Å²) >= 11 is 0. The second-order valence-corrected chi connectivity index (χ2v) is 4.91. The molecule has 1 unspecified atom stereocenters. The van der Waals surface area contributed by atoms with Gasteiger partial charge in [-0.1, -0.05) is 0 Å². The number of fused-ring (bicyclic) bond motifs is 1. The number of carbonyl (C=O) groups is 1. The van der Waals surface area contributed by atoms with Gasteiger partial charge in [-0.25, -0.2) is 14.2 Å². The van der Waals surface area contributed by atoms with E-state index in [1.165, 1.54) is 6.92 Å². The average molecular weight is 303 g/mol. The molecule has 0 spiro atoms. The van der Waals surface area contributed by atoms with Crippen molar-refractivity contribution in [3.63, 3.8) is 0 Å². The van der Waals surface area contributed by atoms with Crippen LogP contribution in [0, 0.1) is 5.82 Å². The van der Waals surface area contributed by atoms with Gasteiger partial charge in [-0.2, -0.15) is 18.3 Å². The Kier molecular flexibility index (Phi) is 3.65. The average Bonchev–Trinajstić information content (AvgIpc) is 2.32. The molecular weight excluding hydrogens is 290 g/mol. The van der Waals surface area contributed by atoms with Gasteiger partial charge in [0.2, 0.25) is 0 Å². The minimum absolute atomic E-state index is 0.0261. The van der Waals surface area contributed by atoms with E-state index in [0.717, 1.165) is 5.01 Å². The molecule has 1 aromatic carbocycles. The van der Waals surface area contributed by atoms with Crippen LogP contribution in [0.5, 0.6) is 0 Å². The van der Waals surface area contributed by atoms with Gasteiger partial charge in [0.1, 0.15) is 5.82 Å². The summed E-state index contributed by atoms with van der Waals surface area (Å²) in [5.74, 6) is -1.42. The minimum Gasteiger partial charge on any atom is -0.306 e. The molecule has 114 valence electrons. The number of hydrogen-bond acceptors (Lipinski definition) is 2. The van der Waals surface area contributed by atoms with Crippen LogP contribution in [-0.4, -0.2) is 16.8 Å². The summed E-state index contributed by atoms with van der Waals surface area (Å²) in [5, 5.41) is 7.35. The second-order valence-electron chi connectivity index (χ2n) is 4.91. The first-order valence-corrected chi connectivity index (χ1v) is 6.14. The number of nitrogens with zero attached hydrogens (tertiary/aromatic N) is 2. The van der Waals surface area contributed by atoms with E-state index in [1.807, 2.05) is 0 Å². The molecular formula is C13H13F4N3O. The summed E-state index contributed by atoms with van der Waals surface area (Å²) < 4.78 is 51.8. The van der Waals surface area contributed by atoms with Gasteiger partial charge in [0, 0.05) is 11.3 Å². The lowest BCUT2D eigenvalue weighted by atomic mass is 10.00. The Morgan fingerprint density at radius 2 is 1.95 bits per heavy atom. The van der Waals surface area contributed by atoms with Gasteiger partial charge in [-0.15, -0.1) is 0 Å². The second kappa shape index (κ2) is 5.01. The van der Waals surface area contributed by atoms with Crippen LogP contribution in [0.3, 0.4) is 0 Å². The number of carbonyl (C=O) groups excluding carboxylic acids is 1. The summed E-state index contributed by atoms with van der Waals surface area (Å²) in [6.45, 7) is 4.84. The SMILES string of the molecule is CC(C)=NN1C(=O)Nc2cc(F)c(C(F)(F)F)cc2C1C. The van der Waals surface area contributed by atoms with Crippen molar-refractivity contribution in [2.75, 3.05) is 5.32 Å². The summed E-state index contributed by atoms with van der Waals surface area (Å²) in [4.78, 5) is 11.9. The molecule has 4 nitrogen and oxygen atoms in total. The van der Waals surface area contributed by atoms with Crippen LogP contribution in [0.1, 0.15) is 37.9 Å². The van der Waals surface area contributed by atoms with Crippen LogP contribution in [0.4, 0.5) is 28.0 Å². The van der Waals surface area contributed by atoms with Crippen molar-refractivity contribution in [1.82, 2.24) is 5.01 Å². The quantitative estimate of drug-likeness (QED) is 0.615. The zero-order valence-electron chi connectivity index (χ0n) is 11.5. The van der Waals surface area contributed by atoms with E-state index in [9.17, 15) is 22.4 Å². The first kappa shape index (κ1) is 15.3. The maximum Gasteiger partial charge on any atom is 0.419 e. The Labute approximate surface area is 118 Å². The fraction of sp³-hybridized carbons (Fsp3) is 0.385. The molecule has 1 heterocycles. The fourth-order valence-electron chi connectivity index (χ4n) is 2.09. The molecule has 1 N–H and O–H groups in total. The molecule has 21 heavy (non-hydrogen) atoms. The van der Waals surface area contributed by atoms with Crippen molar-refractivity contribution in [2.24, 2.45) is 5.10 Å². The Morgan fingerprint density at radius 1 is 1.33 bits per heavy atom. The largest absolute Gasteiger partial charge is 0.419 e. The van der Waals surface area contributed by atoms with E-state index in [1.54, 1.807) is 13.8 Å². The van der Waals surface area contributed by atoms with E-state index in [2.05, 4.69) is 10.4 Å². The number of hydrazone groups is 1. The molecule has 1 aliphatic heterocycles. The van der Waals surface area contributed by atoms with Gasteiger partial charge in [0.15, 0.2) is 0 Å². The van der Waals surface area contributed by atoms with E-state index in [4.69, 9.17) is 0 Å². The lowest BCUT2D eigenvalue weighted by Crippen LogP contribution is -2.38. The van der Waals surface area contributed by atoms with E-state index < -0.39 is 29.6 Å². The molecule has 0 radical (unpaired) electrons. The number of alkyl halides is 3. The van der Waals surface area contributed by atoms with Crippen LogP contribution < -0.4 is 5.32 Å². The van der Waals surface area contributed by atoms with Gasteiger partial charge in [0.05, 0.1) is 17.3 Å². The Bertz CT molecular complexity index is 621. The third-order valence-corrected chi connectivity index (χ3v) is 3.02. The normalized spacial score (nSPS) is 18.1. The van der Waals surface area contributed by atoms with Crippen molar-refractivity contribution in [1.29, 1.82) is 0 Å². The third kappa shape index (κ3) is 2.84. The van der Waals surface area contributed by atoms with Gasteiger partial charge in [0.25, 0.3) is 0 Å². The van der Waals surface area contributed by atoms with Crippen LogP contribution in [0.15, 0.2) is 17.2 Å². The molecule has 0 saturated heterocycles. The summed E-state index contributed by atoms with van der Waals surface area (Å²) in [7, 11) is 0. The molecule has 0 bridgehead atoms. The first-order chi connectivity index (χ1) is 9.61. The number of benzene rings is 1. The number of rotatable bonds is 1. The number of halogens is 4. The van der Waals surface area contributed by atoms with Crippen LogP contribution in [0.2, 0.25) is 0 Å². The van der Waals surface area contributed by atoms with Crippen molar-refractivity contribution < 1.29 is 22.4 Å². The Balaban J connectivity index is 2.55. The van der Waals surface area contributed by atoms with Crippen molar-refractivity contribution >= 4 is 17.4 Å². The summed E-state index contributed by atoms with van der Waals surface area (Å²) in [6.07, 6.45) is -4.80. The van der Waals surface area contributed by atoms with Gasteiger partial charge in [-0.05, 0) is 32.9 Å². The zero-order valence-corrected chi connectivity index (χ0v) is 11.5. The topological polar surface area (TPSA) is 44.7 Å². The standard InChI is InChI=1S/C13H13F4N3O/c1-6(2)19-20-7(3)8-4-9(13(15,16)17)10(14)5-11(8)18-12(20)21/h4-5,7H,1-3H3,(H,18,21). The number of anilines is 1. The number of urea groups is 1. The fourth-order valence-corrected chi connectivity index (χ4v) is 2.09. The highest BCUT2D eigenvalue weighted by Crippen LogP contribution is 2.39. The number of amides is 2. The van der Waals surface area contributed by atoms with Crippen molar-refractivity contribution in [3.05, 3.63) is 29.1 Å². The Hall–Kier alpha value is -2.12. The van der Waals surface area contributed by atoms with Crippen LogP contribution in [0.25, 0.3) is 0 Å². The molecule has 0 aliphatic carbocycles. The van der Waals surface area contributed by atoms with E-state index >= 15 is 0 Å². The lowest BCUT2D eigenvalue weighted by Gasteiger charge is -2.32. The molecule has 2 rings (SSSR count). The summed E-state index contributed by atoms with van der Waals surface area (Å²) in [5.41, 5.74) is -0.605. The Morgan fingerprint density at radius 3 is 2.48 bits per heavy atom. The number of nitrogens with one attached hydrogen (secondary N) is 1. The maximum atomic E-state index is 13.5. The minimum atomic E-state index is -4.80. The molecule has 1 aliphatic rings. The highest BCUT2D eigenvalue weighted by molar-refractivity contribution is 5.94. The van der Waals surface area contributed by atoms with Crippen LogP contribution in [-0.2, 0) is 6.18 Å². The van der Waals surface area contributed by atoms with Crippen molar-refractivity contribution in [2.45, 2.75) is 33.0 Å². The van der Waals surface area contributed by atoms with E-state index in [-0.39, 0.29) is 11.3 Å². The molecule has 0 saturated carbocycles. The first-order valence-electron chi connectivity index (χ1n) is 6.14. The molecule has 0 fully saturated rings. The van der Waals surface area contributed by atoms with E-state index in [0.29, 0.717) is 17.8 Å². The summed E-state index contributed by atoms with van der Waals surface area (Å²) in [6, 6.07) is 0.0510. The molecule has 1 atom stereocenters. The van der Waals surface area contributed by atoms with Gasteiger partial charge >= 0.3 is 12.2 Å². The van der Waals surface area contributed by atoms with Gasteiger partial charge < -0.3 is 5.32 Å². The number of hydrogen-bond donors (Lipinski definition) is 1. The lowest BCUT2D eigenvalue weighted by molar-refractivity contribution is -0.140. The molecule has 0 aromatic heterocycles. The smallest absolute Gasteiger partial charge is 0.306 e. The highest BCUT2D eigenvalue weighted by Gasteiger charge is 2.38. The molecule has 2 amide bonds. The predicted octanol–water partition coefficient (Wildman–Crippen LogP) is 4.15. The highest BCUT2D eigenvalue weighted by atomic mass is 19.4. The third-order valence-electron chi connectivity index (χ3n) is 3.02. The van der Waals surface area contributed by atoms with Crippen LogP contribution >= 0.6 is 0 Å². The molecule has 8 heteroatoms. The van der Waals surface area contributed by atoms with Crippen molar-refractivity contribution in [3.8, 4) is 0 Å². The maximum absolute atomic E-state index is 13.5. The molecule has 1 aromatic rings. The monoisotopic (exact) mass is 303 g/mol. The van der Waals surface area contributed by atoms with Gasteiger partial charge in [-0.3, -0.25) is 0 Å². The predicted molar refractivity (Wildman–Crippen MR) is 69.5 cm³/mol.